The van der Waals surface area contributed by atoms with Crippen LogP contribution < -0.4 is 5.73 Å². The molecule has 0 aliphatic carbocycles. The number of benzene rings is 1. The van der Waals surface area contributed by atoms with Crippen LogP contribution in [0.2, 0.25) is 10.0 Å². The Morgan fingerprint density at radius 3 is 2.58 bits per heavy atom. The number of nitriles is 1. The van der Waals surface area contributed by atoms with Crippen LogP contribution in [0.4, 0.5) is 5.69 Å². The maximum atomic E-state index is 12.4. The van der Waals surface area contributed by atoms with E-state index in [1.54, 1.807) is 6.92 Å². The van der Waals surface area contributed by atoms with Crippen molar-refractivity contribution in [2.75, 3.05) is 18.8 Å². The number of rotatable bonds is 5. The molecule has 0 atom stereocenters. The molecule has 0 spiro atoms. The lowest BCUT2D eigenvalue weighted by Gasteiger charge is -2.20. The Labute approximate surface area is 122 Å². The lowest BCUT2D eigenvalue weighted by atomic mass is 10.3. The average molecular weight is 322 g/mol. The minimum atomic E-state index is -3.78. The van der Waals surface area contributed by atoms with Gasteiger partial charge in [-0.3, -0.25) is 0 Å². The minimum Gasteiger partial charge on any atom is -0.396 e. The number of sulfonamides is 1. The van der Waals surface area contributed by atoms with Gasteiger partial charge in [0.15, 0.2) is 0 Å². The summed E-state index contributed by atoms with van der Waals surface area (Å²) >= 11 is 11.7. The van der Waals surface area contributed by atoms with Crippen molar-refractivity contribution in [1.29, 1.82) is 5.26 Å². The first kappa shape index (κ1) is 16.1. The van der Waals surface area contributed by atoms with Gasteiger partial charge < -0.3 is 5.73 Å². The molecule has 0 unspecified atom stereocenters. The monoisotopic (exact) mass is 321 g/mol. The smallest absolute Gasteiger partial charge is 0.244 e. The molecule has 104 valence electrons. The molecule has 1 aromatic carbocycles. The van der Waals surface area contributed by atoms with Crippen molar-refractivity contribution in [1.82, 2.24) is 4.31 Å². The van der Waals surface area contributed by atoms with E-state index < -0.39 is 10.0 Å². The summed E-state index contributed by atoms with van der Waals surface area (Å²) < 4.78 is 25.9. The predicted octanol–water partition coefficient (Wildman–Crippen LogP) is 2.50. The highest BCUT2D eigenvalue weighted by atomic mass is 35.5. The summed E-state index contributed by atoms with van der Waals surface area (Å²) in [4.78, 5) is -0.101. The average Bonchev–Trinajstić information content (AvgIpc) is 2.36. The van der Waals surface area contributed by atoms with Crippen LogP contribution in [-0.4, -0.2) is 25.8 Å². The molecule has 0 aromatic heterocycles. The van der Waals surface area contributed by atoms with Gasteiger partial charge in [0, 0.05) is 19.5 Å². The molecule has 1 rings (SSSR count). The van der Waals surface area contributed by atoms with Crippen molar-refractivity contribution in [2.24, 2.45) is 0 Å². The molecule has 0 bridgehead atoms. The summed E-state index contributed by atoms with van der Waals surface area (Å²) in [6.45, 7) is 2.03. The molecule has 1 aromatic rings. The lowest BCUT2D eigenvalue weighted by Crippen LogP contribution is -2.32. The van der Waals surface area contributed by atoms with Gasteiger partial charge in [-0.1, -0.05) is 30.1 Å². The molecule has 5 nitrogen and oxygen atoms in total. The second kappa shape index (κ2) is 6.44. The van der Waals surface area contributed by atoms with E-state index in [1.807, 2.05) is 6.07 Å². The van der Waals surface area contributed by atoms with Gasteiger partial charge in [-0.15, -0.1) is 0 Å². The maximum absolute atomic E-state index is 12.4. The zero-order valence-corrected chi connectivity index (χ0v) is 12.6. The predicted molar refractivity (Wildman–Crippen MR) is 75.5 cm³/mol. The first-order valence-electron chi connectivity index (χ1n) is 5.46. The Hall–Kier alpha value is -1.00. The van der Waals surface area contributed by atoms with Gasteiger partial charge in [0.1, 0.15) is 4.90 Å². The third-order valence-corrected chi connectivity index (χ3v) is 5.40. The molecule has 19 heavy (non-hydrogen) atoms. The number of nitrogens with two attached hydrogens (primary N) is 1. The molecular formula is C11H13Cl2N3O2S. The summed E-state index contributed by atoms with van der Waals surface area (Å²) in [5.74, 6) is 0. The second-order valence-corrected chi connectivity index (χ2v) is 6.37. The molecular weight excluding hydrogens is 309 g/mol. The number of hydrogen-bond donors (Lipinski definition) is 1. The summed E-state index contributed by atoms with van der Waals surface area (Å²) in [5, 5.41) is 8.65. The SMILES string of the molecule is CCN(CCC#N)S(=O)(=O)c1ccc(Cl)c(N)c1Cl. The largest absolute Gasteiger partial charge is 0.396 e. The van der Waals surface area contributed by atoms with Crippen molar-refractivity contribution in [3.63, 3.8) is 0 Å². The van der Waals surface area contributed by atoms with E-state index in [4.69, 9.17) is 34.2 Å². The lowest BCUT2D eigenvalue weighted by molar-refractivity contribution is 0.435. The highest BCUT2D eigenvalue weighted by molar-refractivity contribution is 7.89. The van der Waals surface area contributed by atoms with Crippen LogP contribution in [0.25, 0.3) is 0 Å². The van der Waals surface area contributed by atoms with Crippen LogP contribution >= 0.6 is 23.2 Å². The van der Waals surface area contributed by atoms with E-state index in [0.29, 0.717) is 0 Å². The fourth-order valence-corrected chi connectivity index (χ4v) is 3.70. The molecule has 0 radical (unpaired) electrons. The molecule has 0 amide bonds. The summed E-state index contributed by atoms with van der Waals surface area (Å²) in [7, 11) is -3.78. The molecule has 8 heteroatoms. The third kappa shape index (κ3) is 3.31. The van der Waals surface area contributed by atoms with Crippen LogP contribution in [0.3, 0.4) is 0 Å². The Morgan fingerprint density at radius 1 is 1.42 bits per heavy atom. The van der Waals surface area contributed by atoms with Gasteiger partial charge in [-0.05, 0) is 12.1 Å². The first-order chi connectivity index (χ1) is 8.86. The van der Waals surface area contributed by atoms with Crippen LogP contribution in [0, 0.1) is 11.3 Å². The van der Waals surface area contributed by atoms with Crippen molar-refractivity contribution in [3.05, 3.63) is 22.2 Å². The van der Waals surface area contributed by atoms with Crippen LogP contribution in [-0.2, 0) is 10.0 Å². The van der Waals surface area contributed by atoms with Crippen LogP contribution in [0.1, 0.15) is 13.3 Å². The van der Waals surface area contributed by atoms with Gasteiger partial charge in [-0.25, -0.2) is 8.42 Å². The highest BCUT2D eigenvalue weighted by Gasteiger charge is 2.26. The Morgan fingerprint density at radius 2 is 2.05 bits per heavy atom. The summed E-state index contributed by atoms with van der Waals surface area (Å²) in [6.07, 6.45) is 0.105. The van der Waals surface area contributed by atoms with Gasteiger partial charge in [0.25, 0.3) is 0 Å². The van der Waals surface area contributed by atoms with Crippen molar-refractivity contribution in [3.8, 4) is 6.07 Å². The van der Waals surface area contributed by atoms with Gasteiger partial charge >= 0.3 is 0 Å². The molecule has 0 saturated carbocycles. The molecule has 0 heterocycles. The maximum Gasteiger partial charge on any atom is 0.244 e. The first-order valence-corrected chi connectivity index (χ1v) is 7.66. The summed E-state index contributed by atoms with van der Waals surface area (Å²) in [6, 6.07) is 4.60. The fraction of sp³-hybridized carbons (Fsp3) is 0.364. The zero-order chi connectivity index (χ0) is 14.6. The van der Waals surface area contributed by atoms with E-state index >= 15 is 0 Å². The van der Waals surface area contributed by atoms with E-state index in [0.717, 1.165) is 0 Å². The number of nitrogen functional groups attached to an aromatic ring is 1. The van der Waals surface area contributed by atoms with Gasteiger partial charge in [-0.2, -0.15) is 9.57 Å². The number of nitrogens with zero attached hydrogens (tertiary/aromatic N) is 2. The third-order valence-electron chi connectivity index (χ3n) is 2.53. The van der Waals surface area contributed by atoms with E-state index in [-0.39, 0.29) is 40.1 Å². The van der Waals surface area contributed by atoms with Gasteiger partial charge in [0.05, 0.1) is 21.8 Å². The zero-order valence-electron chi connectivity index (χ0n) is 10.2. The standard InChI is InChI=1S/C11H13Cl2N3O2S/c1-2-16(7-3-6-14)19(17,18)9-5-4-8(12)11(15)10(9)13/h4-5H,2-3,7,15H2,1H3. The number of anilines is 1. The van der Waals surface area contributed by atoms with Crippen molar-refractivity contribution >= 4 is 38.9 Å². The molecule has 0 saturated heterocycles. The number of halogens is 2. The van der Waals surface area contributed by atoms with E-state index in [2.05, 4.69) is 0 Å². The molecule has 0 fully saturated rings. The Balaban J connectivity index is 3.27. The second-order valence-electron chi connectivity index (χ2n) is 3.68. The Kier molecular flexibility index (Phi) is 5.44. The van der Waals surface area contributed by atoms with Crippen molar-refractivity contribution < 1.29 is 8.42 Å². The van der Waals surface area contributed by atoms with Gasteiger partial charge in [0.2, 0.25) is 10.0 Å². The molecule has 0 aliphatic rings. The quantitative estimate of drug-likeness (QED) is 0.844. The van der Waals surface area contributed by atoms with E-state index in [9.17, 15) is 8.42 Å². The normalized spacial score (nSPS) is 11.5. The highest BCUT2D eigenvalue weighted by Crippen LogP contribution is 2.34. The Bertz CT molecular complexity index is 611. The fourth-order valence-electron chi connectivity index (χ4n) is 1.51. The van der Waals surface area contributed by atoms with E-state index in [1.165, 1.54) is 16.4 Å². The molecule has 0 aliphatic heterocycles. The molecule has 2 N–H and O–H groups in total. The van der Waals surface area contributed by atoms with Crippen LogP contribution in [0.15, 0.2) is 17.0 Å². The van der Waals surface area contributed by atoms with Crippen molar-refractivity contribution in [2.45, 2.75) is 18.2 Å². The summed E-state index contributed by atoms with van der Waals surface area (Å²) in [5.41, 5.74) is 5.65. The topological polar surface area (TPSA) is 87.2 Å². The minimum absolute atomic E-state index is 0.0285. The number of hydrogen-bond acceptors (Lipinski definition) is 4. The van der Waals surface area contributed by atoms with Crippen LogP contribution in [0.5, 0.6) is 0 Å².